The molecule has 0 saturated heterocycles. The van der Waals surface area contributed by atoms with Crippen LogP contribution in [0.25, 0.3) is 0 Å². The standard InChI is InChI=1S/C25H47N3O6/c1-23(2,3)19(29)11-10-18(22(32)24(4,5)6)28-20(30)16-26-21(31)17-34-15-14-33-13-12-27-25(7,8)9/h18,27H,10-17H2,1-9H3,(H,26,31)(H,28,30). The van der Waals surface area contributed by atoms with E-state index in [1.807, 2.05) is 20.8 Å². The number of amides is 2. The molecule has 9 nitrogen and oxygen atoms in total. The molecule has 0 rings (SSSR count). The number of rotatable bonds is 15. The molecule has 0 aliphatic rings. The first-order chi connectivity index (χ1) is 15.4. The van der Waals surface area contributed by atoms with Gasteiger partial charge in [0.1, 0.15) is 12.4 Å². The molecular formula is C25H47N3O6. The molecule has 0 bridgehead atoms. The normalized spacial score (nSPS) is 13.3. The Kier molecular flexibility index (Phi) is 13.7. The summed E-state index contributed by atoms with van der Waals surface area (Å²) in [5.74, 6) is -1.07. The molecule has 0 aliphatic heterocycles. The average molecular weight is 486 g/mol. The highest BCUT2D eigenvalue weighted by Crippen LogP contribution is 2.22. The van der Waals surface area contributed by atoms with Gasteiger partial charge in [0.25, 0.3) is 0 Å². The average Bonchev–Trinajstić information content (AvgIpc) is 2.68. The fraction of sp³-hybridized carbons (Fsp3) is 0.840. The molecule has 1 atom stereocenters. The van der Waals surface area contributed by atoms with Gasteiger partial charge < -0.3 is 25.4 Å². The van der Waals surface area contributed by atoms with Crippen LogP contribution in [-0.2, 0) is 28.7 Å². The summed E-state index contributed by atoms with van der Waals surface area (Å²) in [5.41, 5.74) is -1.15. The van der Waals surface area contributed by atoms with Crippen LogP contribution >= 0.6 is 0 Å². The Morgan fingerprint density at radius 2 is 1.35 bits per heavy atom. The van der Waals surface area contributed by atoms with Crippen LogP contribution in [0.15, 0.2) is 0 Å². The second-order valence-corrected chi connectivity index (χ2v) is 11.6. The predicted octanol–water partition coefficient (Wildman–Crippen LogP) is 2.02. The lowest BCUT2D eigenvalue weighted by Crippen LogP contribution is -2.49. The van der Waals surface area contributed by atoms with E-state index in [2.05, 4.69) is 36.7 Å². The van der Waals surface area contributed by atoms with E-state index in [1.165, 1.54) is 0 Å². The summed E-state index contributed by atoms with van der Waals surface area (Å²) in [4.78, 5) is 49.3. The van der Waals surface area contributed by atoms with Gasteiger partial charge in [-0.05, 0) is 27.2 Å². The van der Waals surface area contributed by atoms with E-state index in [9.17, 15) is 19.2 Å². The lowest BCUT2D eigenvalue weighted by Gasteiger charge is -2.26. The minimum Gasteiger partial charge on any atom is -0.378 e. The molecule has 0 heterocycles. The van der Waals surface area contributed by atoms with Crippen LogP contribution in [0, 0.1) is 10.8 Å². The van der Waals surface area contributed by atoms with E-state index in [0.29, 0.717) is 13.2 Å². The van der Waals surface area contributed by atoms with Gasteiger partial charge in [0.2, 0.25) is 11.8 Å². The highest BCUT2D eigenvalue weighted by Gasteiger charge is 2.32. The van der Waals surface area contributed by atoms with E-state index in [-0.39, 0.29) is 49.7 Å². The lowest BCUT2D eigenvalue weighted by atomic mass is 9.82. The zero-order valence-corrected chi connectivity index (χ0v) is 22.7. The van der Waals surface area contributed by atoms with Crippen molar-refractivity contribution in [3.05, 3.63) is 0 Å². The number of hydrogen-bond acceptors (Lipinski definition) is 7. The molecule has 1 unspecified atom stereocenters. The molecule has 0 aromatic heterocycles. The molecule has 34 heavy (non-hydrogen) atoms. The van der Waals surface area contributed by atoms with Gasteiger partial charge in [-0.2, -0.15) is 0 Å². The largest absolute Gasteiger partial charge is 0.378 e. The minimum atomic E-state index is -0.795. The first-order valence-corrected chi connectivity index (χ1v) is 12.0. The van der Waals surface area contributed by atoms with Crippen LogP contribution in [0.1, 0.15) is 75.2 Å². The van der Waals surface area contributed by atoms with Gasteiger partial charge in [-0.1, -0.05) is 41.5 Å². The summed E-state index contributed by atoms with van der Waals surface area (Å²) in [6.07, 6.45) is 0.408. The monoisotopic (exact) mass is 485 g/mol. The fourth-order valence-electron chi connectivity index (χ4n) is 2.80. The summed E-state index contributed by atoms with van der Waals surface area (Å²) in [6.45, 7) is 18.4. The van der Waals surface area contributed by atoms with E-state index in [4.69, 9.17) is 9.47 Å². The number of nitrogens with one attached hydrogen (secondary N) is 3. The van der Waals surface area contributed by atoms with Crippen molar-refractivity contribution in [3.63, 3.8) is 0 Å². The summed E-state index contributed by atoms with van der Waals surface area (Å²) in [6, 6.07) is -0.795. The SMILES string of the molecule is CC(C)(C)NCCOCCOCC(=O)NCC(=O)NC(CCC(=O)C(C)(C)C)C(=O)C(C)(C)C. The maximum atomic E-state index is 12.8. The van der Waals surface area contributed by atoms with Gasteiger partial charge in [-0.3, -0.25) is 19.2 Å². The van der Waals surface area contributed by atoms with Crippen molar-refractivity contribution in [2.75, 3.05) is 39.5 Å². The van der Waals surface area contributed by atoms with Crippen molar-refractivity contribution in [2.24, 2.45) is 10.8 Å². The topological polar surface area (TPSA) is 123 Å². The van der Waals surface area contributed by atoms with Crippen LogP contribution in [0.2, 0.25) is 0 Å². The summed E-state index contributed by atoms with van der Waals surface area (Å²) >= 11 is 0. The molecule has 0 aliphatic carbocycles. The van der Waals surface area contributed by atoms with Crippen LogP contribution in [-0.4, -0.2) is 74.5 Å². The van der Waals surface area contributed by atoms with Crippen molar-refractivity contribution in [3.8, 4) is 0 Å². The van der Waals surface area contributed by atoms with Gasteiger partial charge in [0.15, 0.2) is 5.78 Å². The molecule has 0 saturated carbocycles. The van der Waals surface area contributed by atoms with Crippen LogP contribution in [0.4, 0.5) is 0 Å². The first-order valence-electron chi connectivity index (χ1n) is 12.0. The van der Waals surface area contributed by atoms with E-state index >= 15 is 0 Å². The number of Topliss-reactive ketones (excluding diaryl/α,β-unsaturated/α-hetero) is 2. The Morgan fingerprint density at radius 1 is 0.765 bits per heavy atom. The molecule has 0 spiro atoms. The maximum Gasteiger partial charge on any atom is 0.246 e. The van der Waals surface area contributed by atoms with Crippen molar-refractivity contribution in [1.82, 2.24) is 16.0 Å². The third-order valence-corrected chi connectivity index (χ3v) is 4.84. The molecule has 0 aromatic carbocycles. The second-order valence-electron chi connectivity index (χ2n) is 11.6. The molecule has 0 radical (unpaired) electrons. The quantitative estimate of drug-likeness (QED) is 0.303. The first kappa shape index (κ1) is 32.2. The lowest BCUT2D eigenvalue weighted by molar-refractivity contribution is -0.134. The third kappa shape index (κ3) is 15.9. The molecule has 0 aromatic rings. The van der Waals surface area contributed by atoms with Gasteiger partial charge in [0.05, 0.1) is 32.4 Å². The second kappa shape index (κ2) is 14.5. The maximum absolute atomic E-state index is 12.8. The highest BCUT2D eigenvalue weighted by molar-refractivity contribution is 5.94. The Labute approximate surface area is 205 Å². The molecule has 3 N–H and O–H groups in total. The smallest absolute Gasteiger partial charge is 0.246 e. The minimum absolute atomic E-state index is 0.0216. The molecule has 2 amide bonds. The Hall–Kier alpha value is -1.84. The number of ketones is 2. The number of carbonyl (C=O) groups is 4. The summed E-state index contributed by atoms with van der Waals surface area (Å²) in [5, 5.41) is 8.45. The fourth-order valence-corrected chi connectivity index (χ4v) is 2.80. The van der Waals surface area contributed by atoms with E-state index in [0.717, 1.165) is 6.54 Å². The van der Waals surface area contributed by atoms with Crippen LogP contribution in [0.5, 0.6) is 0 Å². The third-order valence-electron chi connectivity index (χ3n) is 4.84. The van der Waals surface area contributed by atoms with Crippen LogP contribution < -0.4 is 16.0 Å². The number of ether oxygens (including phenoxy) is 2. The van der Waals surface area contributed by atoms with Crippen molar-refractivity contribution in [2.45, 2.75) is 86.7 Å². The van der Waals surface area contributed by atoms with Crippen molar-refractivity contribution in [1.29, 1.82) is 0 Å². The predicted molar refractivity (Wildman–Crippen MR) is 132 cm³/mol. The Morgan fingerprint density at radius 3 is 1.88 bits per heavy atom. The van der Waals surface area contributed by atoms with Crippen molar-refractivity contribution < 1.29 is 28.7 Å². The number of hydrogen-bond donors (Lipinski definition) is 3. The summed E-state index contributed by atoms with van der Waals surface area (Å²) < 4.78 is 10.7. The molecule has 9 heteroatoms. The van der Waals surface area contributed by atoms with Gasteiger partial charge in [0, 0.05) is 29.3 Å². The van der Waals surface area contributed by atoms with Gasteiger partial charge >= 0.3 is 0 Å². The van der Waals surface area contributed by atoms with Crippen molar-refractivity contribution >= 4 is 23.4 Å². The zero-order valence-electron chi connectivity index (χ0n) is 22.7. The Balaban J connectivity index is 4.35. The van der Waals surface area contributed by atoms with E-state index < -0.39 is 28.7 Å². The van der Waals surface area contributed by atoms with Gasteiger partial charge in [-0.15, -0.1) is 0 Å². The Bertz CT molecular complexity index is 672. The molecular weight excluding hydrogens is 438 g/mol. The van der Waals surface area contributed by atoms with Gasteiger partial charge in [-0.25, -0.2) is 0 Å². The highest BCUT2D eigenvalue weighted by atomic mass is 16.5. The van der Waals surface area contributed by atoms with E-state index in [1.54, 1.807) is 20.8 Å². The molecule has 0 fully saturated rings. The molecule has 198 valence electrons. The zero-order chi connectivity index (χ0) is 26.6. The van der Waals surface area contributed by atoms with Crippen LogP contribution in [0.3, 0.4) is 0 Å². The summed E-state index contributed by atoms with van der Waals surface area (Å²) in [7, 11) is 0. The number of carbonyl (C=O) groups excluding carboxylic acids is 4.